The standard InChI is InChI=1S/C22H24BrN3O3/c1-4-26-19(18(23)13-24-26)14-25(2)22(27)17-9-7-8-16(12-17)15-29-21-11-6-5-10-20(21)28-3/h5-13H,4,14-15H2,1-3H3. The van der Waals surface area contributed by atoms with Crippen LogP contribution in [0.1, 0.15) is 28.5 Å². The van der Waals surface area contributed by atoms with E-state index in [0.29, 0.717) is 30.2 Å². The molecule has 1 amide bonds. The summed E-state index contributed by atoms with van der Waals surface area (Å²) in [6, 6.07) is 15.0. The van der Waals surface area contributed by atoms with E-state index in [1.165, 1.54) is 0 Å². The van der Waals surface area contributed by atoms with Crippen molar-refractivity contribution in [2.75, 3.05) is 14.2 Å². The van der Waals surface area contributed by atoms with E-state index in [1.807, 2.05) is 60.1 Å². The van der Waals surface area contributed by atoms with Crippen molar-refractivity contribution in [1.29, 1.82) is 0 Å². The Kier molecular flexibility index (Phi) is 6.93. The van der Waals surface area contributed by atoms with E-state index in [-0.39, 0.29) is 5.91 Å². The summed E-state index contributed by atoms with van der Waals surface area (Å²) >= 11 is 3.51. The van der Waals surface area contributed by atoms with Gasteiger partial charge in [-0.25, -0.2) is 0 Å². The van der Waals surface area contributed by atoms with E-state index in [2.05, 4.69) is 21.0 Å². The van der Waals surface area contributed by atoms with Crippen LogP contribution < -0.4 is 9.47 Å². The van der Waals surface area contributed by atoms with Crippen LogP contribution in [0.2, 0.25) is 0 Å². The Hall–Kier alpha value is -2.80. The predicted molar refractivity (Wildman–Crippen MR) is 115 cm³/mol. The van der Waals surface area contributed by atoms with Gasteiger partial charge in [-0.2, -0.15) is 5.10 Å². The third kappa shape index (κ3) is 4.98. The highest BCUT2D eigenvalue weighted by Gasteiger charge is 2.17. The van der Waals surface area contributed by atoms with Gasteiger partial charge in [0.1, 0.15) is 6.61 Å². The third-order valence-corrected chi connectivity index (χ3v) is 5.23. The average molecular weight is 458 g/mol. The van der Waals surface area contributed by atoms with Gasteiger partial charge in [-0.3, -0.25) is 9.48 Å². The minimum absolute atomic E-state index is 0.0557. The molecule has 1 heterocycles. The lowest BCUT2D eigenvalue weighted by molar-refractivity contribution is 0.0781. The van der Waals surface area contributed by atoms with Gasteiger partial charge in [0.2, 0.25) is 0 Å². The van der Waals surface area contributed by atoms with Gasteiger partial charge in [-0.05, 0) is 52.7 Å². The number of hydrogen-bond acceptors (Lipinski definition) is 4. The van der Waals surface area contributed by atoms with Crippen molar-refractivity contribution >= 4 is 21.8 Å². The number of para-hydroxylation sites is 2. The Morgan fingerprint density at radius 3 is 2.66 bits per heavy atom. The molecule has 0 saturated carbocycles. The number of carbonyl (C=O) groups excluding carboxylic acids is 1. The van der Waals surface area contributed by atoms with Crippen molar-refractivity contribution < 1.29 is 14.3 Å². The smallest absolute Gasteiger partial charge is 0.253 e. The molecule has 0 bridgehead atoms. The molecular formula is C22H24BrN3O3. The second-order valence-corrected chi connectivity index (χ2v) is 7.41. The highest BCUT2D eigenvalue weighted by molar-refractivity contribution is 9.10. The molecule has 0 fully saturated rings. The fourth-order valence-electron chi connectivity index (χ4n) is 3.03. The van der Waals surface area contributed by atoms with Crippen LogP contribution in [-0.4, -0.2) is 34.7 Å². The van der Waals surface area contributed by atoms with Gasteiger partial charge in [-0.15, -0.1) is 0 Å². The molecule has 7 heteroatoms. The topological polar surface area (TPSA) is 56.6 Å². The van der Waals surface area contributed by atoms with Crippen molar-refractivity contribution in [1.82, 2.24) is 14.7 Å². The predicted octanol–water partition coefficient (Wildman–Crippen LogP) is 4.53. The quantitative estimate of drug-likeness (QED) is 0.498. The first-order valence-corrected chi connectivity index (χ1v) is 10.1. The minimum Gasteiger partial charge on any atom is -0.493 e. The van der Waals surface area contributed by atoms with Crippen molar-refractivity contribution in [3.8, 4) is 11.5 Å². The number of nitrogens with zero attached hydrogens (tertiary/aromatic N) is 3. The first kappa shape index (κ1) is 20.9. The van der Waals surface area contributed by atoms with Crippen LogP contribution in [0, 0.1) is 0 Å². The van der Waals surface area contributed by atoms with E-state index in [1.54, 1.807) is 25.3 Å². The molecule has 152 valence electrons. The lowest BCUT2D eigenvalue weighted by Crippen LogP contribution is -2.27. The van der Waals surface area contributed by atoms with E-state index >= 15 is 0 Å². The number of hydrogen-bond donors (Lipinski definition) is 0. The number of aryl methyl sites for hydroxylation is 1. The average Bonchev–Trinajstić information content (AvgIpc) is 3.11. The number of aromatic nitrogens is 2. The molecule has 1 aromatic heterocycles. The van der Waals surface area contributed by atoms with Gasteiger partial charge in [0.05, 0.1) is 30.0 Å². The molecule has 0 atom stereocenters. The van der Waals surface area contributed by atoms with Crippen LogP contribution in [0.3, 0.4) is 0 Å². The molecule has 3 rings (SSSR count). The van der Waals surface area contributed by atoms with E-state index in [9.17, 15) is 4.79 Å². The molecule has 6 nitrogen and oxygen atoms in total. The molecular weight excluding hydrogens is 434 g/mol. The van der Waals surface area contributed by atoms with E-state index < -0.39 is 0 Å². The first-order valence-electron chi connectivity index (χ1n) is 9.33. The summed E-state index contributed by atoms with van der Waals surface area (Å²) in [5, 5.41) is 4.31. The molecule has 2 aromatic carbocycles. The van der Waals surface area contributed by atoms with Gasteiger partial charge in [0.15, 0.2) is 11.5 Å². The lowest BCUT2D eigenvalue weighted by Gasteiger charge is -2.19. The fourth-order valence-corrected chi connectivity index (χ4v) is 3.45. The molecule has 3 aromatic rings. The van der Waals surface area contributed by atoms with Crippen molar-refractivity contribution in [3.05, 3.63) is 76.0 Å². The van der Waals surface area contributed by atoms with Gasteiger partial charge in [0, 0.05) is 19.2 Å². The number of rotatable bonds is 8. The lowest BCUT2D eigenvalue weighted by atomic mass is 10.1. The summed E-state index contributed by atoms with van der Waals surface area (Å²) in [5.74, 6) is 1.29. The Morgan fingerprint density at radius 1 is 1.17 bits per heavy atom. The SMILES string of the molecule is CCn1ncc(Br)c1CN(C)C(=O)c1cccc(COc2ccccc2OC)c1. The zero-order valence-corrected chi connectivity index (χ0v) is 18.3. The van der Waals surface area contributed by atoms with Crippen LogP contribution in [0.4, 0.5) is 0 Å². The van der Waals surface area contributed by atoms with Gasteiger partial charge >= 0.3 is 0 Å². The summed E-state index contributed by atoms with van der Waals surface area (Å²) < 4.78 is 14.0. The Bertz CT molecular complexity index is 987. The number of benzene rings is 2. The second kappa shape index (κ2) is 9.60. The molecule has 0 N–H and O–H groups in total. The van der Waals surface area contributed by atoms with Crippen LogP contribution in [0.5, 0.6) is 11.5 Å². The monoisotopic (exact) mass is 457 g/mol. The zero-order valence-electron chi connectivity index (χ0n) is 16.8. The highest BCUT2D eigenvalue weighted by Crippen LogP contribution is 2.26. The van der Waals surface area contributed by atoms with Crippen molar-refractivity contribution in [3.63, 3.8) is 0 Å². The number of ether oxygens (including phenoxy) is 2. The number of halogens is 1. The molecule has 0 spiro atoms. The number of methoxy groups -OCH3 is 1. The largest absolute Gasteiger partial charge is 0.493 e. The van der Waals surface area contributed by atoms with Gasteiger partial charge < -0.3 is 14.4 Å². The summed E-state index contributed by atoms with van der Waals surface area (Å²) in [5.41, 5.74) is 2.50. The van der Waals surface area contributed by atoms with Gasteiger partial charge in [-0.1, -0.05) is 24.3 Å². The summed E-state index contributed by atoms with van der Waals surface area (Å²) in [4.78, 5) is 14.6. The maximum atomic E-state index is 12.9. The molecule has 0 radical (unpaired) electrons. The molecule has 0 aliphatic heterocycles. The molecule has 0 aliphatic rings. The Labute approximate surface area is 179 Å². The Balaban J connectivity index is 1.69. The maximum absolute atomic E-state index is 12.9. The molecule has 0 saturated heterocycles. The fraction of sp³-hybridized carbons (Fsp3) is 0.273. The van der Waals surface area contributed by atoms with E-state index in [0.717, 1.165) is 22.3 Å². The molecule has 0 aliphatic carbocycles. The molecule has 29 heavy (non-hydrogen) atoms. The Morgan fingerprint density at radius 2 is 1.93 bits per heavy atom. The first-order chi connectivity index (χ1) is 14.0. The summed E-state index contributed by atoms with van der Waals surface area (Å²) in [6.45, 7) is 3.59. The van der Waals surface area contributed by atoms with Crippen molar-refractivity contribution in [2.45, 2.75) is 26.6 Å². The van der Waals surface area contributed by atoms with Crippen LogP contribution in [-0.2, 0) is 19.7 Å². The second-order valence-electron chi connectivity index (χ2n) is 6.56. The third-order valence-electron chi connectivity index (χ3n) is 4.57. The minimum atomic E-state index is -0.0557. The van der Waals surface area contributed by atoms with Crippen LogP contribution in [0.15, 0.2) is 59.2 Å². The maximum Gasteiger partial charge on any atom is 0.253 e. The van der Waals surface area contributed by atoms with Crippen molar-refractivity contribution in [2.24, 2.45) is 0 Å². The number of carbonyl (C=O) groups is 1. The summed E-state index contributed by atoms with van der Waals surface area (Å²) in [6.07, 6.45) is 1.76. The summed E-state index contributed by atoms with van der Waals surface area (Å²) in [7, 11) is 3.40. The normalized spacial score (nSPS) is 10.6. The van der Waals surface area contributed by atoms with E-state index in [4.69, 9.17) is 9.47 Å². The highest BCUT2D eigenvalue weighted by atomic mass is 79.9. The zero-order chi connectivity index (χ0) is 20.8. The van der Waals surface area contributed by atoms with Crippen LogP contribution >= 0.6 is 15.9 Å². The molecule has 0 unspecified atom stereocenters. The van der Waals surface area contributed by atoms with Gasteiger partial charge in [0.25, 0.3) is 5.91 Å². The van der Waals surface area contributed by atoms with Crippen LogP contribution in [0.25, 0.3) is 0 Å². The number of amides is 1.